The molecule has 44 valence electrons. The van der Waals surface area contributed by atoms with Crippen LogP contribution in [0.1, 0.15) is 6.42 Å². The van der Waals surface area contributed by atoms with Crippen molar-refractivity contribution in [2.24, 2.45) is 5.16 Å². The molecule has 0 aliphatic heterocycles. The Bertz CT molecular complexity index is 118. The fraction of sp³-hybridized carbons (Fsp3) is 0.250. The van der Waals surface area contributed by atoms with Gasteiger partial charge in [0.1, 0.15) is 12.0 Å². The van der Waals surface area contributed by atoms with E-state index in [1.165, 1.54) is 0 Å². The van der Waals surface area contributed by atoms with Crippen LogP contribution < -0.4 is 0 Å². The molecule has 0 aliphatic rings. The molecule has 0 heterocycles. The molecule has 0 aromatic rings. The van der Waals surface area contributed by atoms with E-state index in [2.05, 4.69) is 5.16 Å². The van der Waals surface area contributed by atoms with E-state index in [4.69, 9.17) is 5.21 Å². The van der Waals surface area contributed by atoms with Crippen molar-refractivity contribution in [2.45, 2.75) is 6.42 Å². The first kappa shape index (κ1) is 6.81. The van der Waals surface area contributed by atoms with Crippen molar-refractivity contribution in [3.63, 3.8) is 0 Å². The van der Waals surface area contributed by atoms with Crippen LogP contribution in [-0.4, -0.2) is 23.5 Å². The van der Waals surface area contributed by atoms with Crippen LogP contribution in [0, 0.1) is 0 Å². The van der Waals surface area contributed by atoms with Crippen LogP contribution in [0.2, 0.25) is 0 Å². The second-order valence-electron chi connectivity index (χ2n) is 1.08. The van der Waals surface area contributed by atoms with E-state index in [1.807, 2.05) is 0 Å². The lowest BCUT2D eigenvalue weighted by Gasteiger charge is -1.80. The smallest absolute Gasteiger partial charge is 0.168 e. The molecule has 8 heavy (non-hydrogen) atoms. The normalized spacial score (nSPS) is 10.8. The van der Waals surface area contributed by atoms with Crippen LogP contribution >= 0.6 is 0 Å². The zero-order chi connectivity index (χ0) is 6.41. The number of hydrogen-bond donors (Lipinski definition) is 1. The van der Waals surface area contributed by atoms with Gasteiger partial charge in [0.05, 0.1) is 6.42 Å². The maximum Gasteiger partial charge on any atom is 0.168 e. The molecule has 4 nitrogen and oxygen atoms in total. The van der Waals surface area contributed by atoms with Crippen LogP contribution in [-0.2, 0) is 9.59 Å². The molecule has 0 fully saturated rings. The van der Waals surface area contributed by atoms with Gasteiger partial charge < -0.3 is 10.0 Å². The topological polar surface area (TPSA) is 66.7 Å². The third-order valence-corrected chi connectivity index (χ3v) is 0.557. The summed E-state index contributed by atoms with van der Waals surface area (Å²) in [6.45, 7) is 0. The average molecular weight is 115 g/mol. The van der Waals surface area contributed by atoms with Crippen molar-refractivity contribution >= 4 is 18.3 Å². The molecule has 0 saturated heterocycles. The van der Waals surface area contributed by atoms with Gasteiger partial charge in [-0.1, -0.05) is 5.16 Å². The summed E-state index contributed by atoms with van der Waals surface area (Å²) in [5, 5.41) is 10.4. The van der Waals surface area contributed by atoms with Gasteiger partial charge in [0, 0.05) is 0 Å². The third-order valence-electron chi connectivity index (χ3n) is 0.557. The Morgan fingerprint density at radius 3 is 2.38 bits per heavy atom. The van der Waals surface area contributed by atoms with Crippen LogP contribution in [0.4, 0.5) is 0 Å². The van der Waals surface area contributed by atoms with E-state index >= 15 is 0 Å². The standard InChI is InChI=1S/C4H5NO3/c6-2-1-4(3-7)5-8/h2-3,8H,1H2. The summed E-state index contributed by atoms with van der Waals surface area (Å²) in [7, 11) is 0. The zero-order valence-corrected chi connectivity index (χ0v) is 4.07. The minimum absolute atomic E-state index is 0.125. The molecule has 0 atom stereocenters. The van der Waals surface area contributed by atoms with Gasteiger partial charge >= 0.3 is 0 Å². The lowest BCUT2D eigenvalue weighted by atomic mass is 10.3. The molecule has 0 aromatic carbocycles. The molecule has 4 heteroatoms. The second kappa shape index (κ2) is 3.98. The maximum absolute atomic E-state index is 9.68. The number of carbonyl (C=O) groups is 2. The first-order valence-corrected chi connectivity index (χ1v) is 1.95. The molecular formula is C4H5NO3. The highest BCUT2D eigenvalue weighted by atomic mass is 16.4. The number of carbonyl (C=O) groups excluding carboxylic acids is 2. The molecule has 0 aromatic heterocycles. The van der Waals surface area contributed by atoms with Gasteiger partial charge in [0.25, 0.3) is 0 Å². The Balaban J connectivity index is 3.71. The Kier molecular flexibility index (Phi) is 3.39. The van der Waals surface area contributed by atoms with Gasteiger partial charge in [-0.3, -0.25) is 4.79 Å². The molecule has 0 unspecified atom stereocenters. The van der Waals surface area contributed by atoms with Gasteiger partial charge in [-0.05, 0) is 0 Å². The molecule has 0 rings (SSSR count). The van der Waals surface area contributed by atoms with Gasteiger partial charge in [0.2, 0.25) is 0 Å². The van der Waals surface area contributed by atoms with E-state index < -0.39 is 0 Å². The molecule has 0 aliphatic carbocycles. The number of hydrogen-bond acceptors (Lipinski definition) is 4. The van der Waals surface area contributed by atoms with E-state index in [9.17, 15) is 9.59 Å². The first-order chi connectivity index (χ1) is 3.85. The summed E-state index contributed by atoms with van der Waals surface area (Å²) in [5.74, 6) is 0. The molecule has 0 bridgehead atoms. The predicted molar refractivity (Wildman–Crippen MR) is 26.0 cm³/mol. The predicted octanol–water partition coefficient (Wildman–Crippen LogP) is -0.396. The summed E-state index contributed by atoms with van der Waals surface area (Å²) >= 11 is 0. The quantitative estimate of drug-likeness (QED) is 0.235. The van der Waals surface area contributed by atoms with Crippen LogP contribution in [0.15, 0.2) is 5.16 Å². The molecule has 0 amide bonds. The Hall–Kier alpha value is -1.19. The fourth-order valence-corrected chi connectivity index (χ4v) is 0.198. The number of aldehydes is 2. The number of oxime groups is 1. The Morgan fingerprint density at radius 1 is 1.62 bits per heavy atom. The van der Waals surface area contributed by atoms with Crippen molar-refractivity contribution in [1.82, 2.24) is 0 Å². The van der Waals surface area contributed by atoms with E-state index in [1.54, 1.807) is 0 Å². The molecular weight excluding hydrogens is 110 g/mol. The van der Waals surface area contributed by atoms with Crippen LogP contribution in [0.5, 0.6) is 0 Å². The van der Waals surface area contributed by atoms with Crippen LogP contribution in [0.25, 0.3) is 0 Å². The van der Waals surface area contributed by atoms with Gasteiger partial charge in [-0.2, -0.15) is 0 Å². The summed E-state index contributed by atoms with van der Waals surface area (Å²) < 4.78 is 0. The minimum atomic E-state index is -0.153. The maximum atomic E-state index is 9.68. The third kappa shape index (κ3) is 2.07. The van der Waals surface area contributed by atoms with Crippen molar-refractivity contribution in [1.29, 1.82) is 0 Å². The first-order valence-electron chi connectivity index (χ1n) is 1.95. The lowest BCUT2D eigenvalue weighted by Crippen LogP contribution is -1.99. The van der Waals surface area contributed by atoms with Gasteiger partial charge in [-0.25, -0.2) is 0 Å². The molecule has 1 N–H and O–H groups in total. The Morgan fingerprint density at radius 2 is 2.25 bits per heavy atom. The monoisotopic (exact) mass is 115 g/mol. The summed E-state index contributed by atoms with van der Waals surface area (Å²) in [5.41, 5.74) is -0.153. The highest BCUT2D eigenvalue weighted by molar-refractivity contribution is 6.30. The van der Waals surface area contributed by atoms with E-state index in [-0.39, 0.29) is 12.1 Å². The van der Waals surface area contributed by atoms with Crippen LogP contribution in [0.3, 0.4) is 0 Å². The highest BCUT2D eigenvalue weighted by Gasteiger charge is 1.92. The van der Waals surface area contributed by atoms with Gasteiger partial charge in [0.15, 0.2) is 6.29 Å². The number of nitrogens with zero attached hydrogens (tertiary/aromatic N) is 1. The SMILES string of the molecule is O=CCC(C=O)=NO. The molecule has 0 spiro atoms. The average Bonchev–Trinajstić information content (AvgIpc) is 1.83. The fourth-order valence-electron chi connectivity index (χ4n) is 0.198. The summed E-state index contributed by atoms with van der Waals surface area (Å²) in [4.78, 5) is 19.3. The van der Waals surface area contributed by atoms with Crippen molar-refractivity contribution < 1.29 is 14.8 Å². The van der Waals surface area contributed by atoms with Crippen molar-refractivity contribution in [2.75, 3.05) is 0 Å². The lowest BCUT2D eigenvalue weighted by molar-refractivity contribution is -0.108. The van der Waals surface area contributed by atoms with E-state index in [0.717, 1.165) is 0 Å². The highest BCUT2D eigenvalue weighted by Crippen LogP contribution is 1.74. The minimum Gasteiger partial charge on any atom is -0.411 e. The number of rotatable bonds is 3. The van der Waals surface area contributed by atoms with Gasteiger partial charge in [-0.15, -0.1) is 0 Å². The Labute approximate surface area is 45.8 Å². The largest absolute Gasteiger partial charge is 0.411 e. The van der Waals surface area contributed by atoms with Crippen molar-refractivity contribution in [3.05, 3.63) is 0 Å². The van der Waals surface area contributed by atoms with Crippen molar-refractivity contribution in [3.8, 4) is 0 Å². The second-order valence-corrected chi connectivity index (χ2v) is 1.08. The molecule has 0 radical (unpaired) electrons. The van der Waals surface area contributed by atoms with E-state index in [0.29, 0.717) is 12.6 Å². The summed E-state index contributed by atoms with van der Waals surface area (Å²) in [6.07, 6.45) is 0.692. The zero-order valence-electron chi connectivity index (χ0n) is 4.07. The molecule has 0 saturated carbocycles. The summed E-state index contributed by atoms with van der Waals surface area (Å²) in [6, 6.07) is 0.